The zero-order chi connectivity index (χ0) is 32.0. The molecule has 0 N–H and O–H groups in total. The van der Waals surface area contributed by atoms with Crippen LogP contribution in [0.1, 0.15) is 47.3 Å². The van der Waals surface area contributed by atoms with Crippen LogP contribution >= 0.6 is 0 Å². The highest BCUT2D eigenvalue weighted by Gasteiger charge is 2.27. The van der Waals surface area contributed by atoms with Crippen molar-refractivity contribution in [1.29, 1.82) is 0 Å². The molecule has 0 aromatic heterocycles. The Balaban J connectivity index is 1.37. The summed E-state index contributed by atoms with van der Waals surface area (Å²) in [4.78, 5) is 11.4. The van der Waals surface area contributed by atoms with E-state index in [1.54, 1.807) is 0 Å². The van der Waals surface area contributed by atoms with Crippen LogP contribution in [0, 0.1) is 13.8 Å². The Morgan fingerprint density at radius 3 is 2.29 bits per heavy atom. The average Bonchev–Trinajstić information content (AvgIpc) is 3.38. The van der Waals surface area contributed by atoms with Crippen LogP contribution in [0.2, 0.25) is 0 Å². The molecule has 1 aliphatic heterocycles. The summed E-state index contributed by atoms with van der Waals surface area (Å²) in [5.74, 6) is 2.55. The van der Waals surface area contributed by atoms with Gasteiger partial charge in [0.05, 0.1) is 12.4 Å². The number of aryl methyl sites for hydroxylation is 2. The first-order valence-electron chi connectivity index (χ1n) is 14.8. The summed E-state index contributed by atoms with van der Waals surface area (Å²) in [5, 5.41) is 0. The second-order valence-corrected chi connectivity index (χ2v) is 13.5. The number of esters is 1. The molecule has 0 aliphatic carbocycles. The normalized spacial score (nSPS) is 13.9. The SMILES string of the molecule is CC(=O)O[C@@H]1COc2cc(OCc3ccc(COc4ccccc4)c(-c4c(C)cc(OCCCS(C)(=O)=O)cc4C)c3)ccc21. The van der Waals surface area contributed by atoms with E-state index in [4.69, 9.17) is 23.7 Å². The van der Waals surface area contributed by atoms with Crippen molar-refractivity contribution < 1.29 is 36.9 Å². The number of rotatable bonds is 13. The summed E-state index contributed by atoms with van der Waals surface area (Å²) in [5.41, 5.74) is 7.01. The lowest BCUT2D eigenvalue weighted by Gasteiger charge is -2.19. The fraction of sp³-hybridized carbons (Fsp3) is 0.306. The van der Waals surface area contributed by atoms with E-state index in [0.29, 0.717) is 43.5 Å². The molecule has 1 atom stereocenters. The number of hydrogen-bond donors (Lipinski definition) is 0. The molecule has 5 rings (SSSR count). The van der Waals surface area contributed by atoms with Crippen LogP contribution in [-0.2, 0) is 32.6 Å². The first-order chi connectivity index (χ1) is 21.6. The van der Waals surface area contributed by atoms with E-state index < -0.39 is 15.9 Å². The molecule has 4 aromatic carbocycles. The highest BCUT2D eigenvalue weighted by atomic mass is 32.2. The van der Waals surface area contributed by atoms with Crippen LogP contribution < -0.4 is 18.9 Å². The number of hydrogen-bond acceptors (Lipinski definition) is 8. The first kappa shape index (κ1) is 31.9. The molecule has 0 saturated carbocycles. The van der Waals surface area contributed by atoms with Crippen molar-refractivity contribution >= 4 is 15.8 Å². The van der Waals surface area contributed by atoms with Gasteiger partial charge < -0.3 is 23.7 Å². The van der Waals surface area contributed by atoms with E-state index in [-0.39, 0.29) is 18.3 Å². The molecule has 0 spiro atoms. The molecule has 0 bridgehead atoms. The molecule has 0 amide bonds. The van der Waals surface area contributed by atoms with Gasteiger partial charge in [-0.3, -0.25) is 4.79 Å². The quantitative estimate of drug-likeness (QED) is 0.116. The van der Waals surface area contributed by atoms with Gasteiger partial charge in [-0.1, -0.05) is 30.3 Å². The summed E-state index contributed by atoms with van der Waals surface area (Å²) < 4.78 is 52.3. The number of fused-ring (bicyclic) bond motifs is 1. The Morgan fingerprint density at radius 1 is 0.844 bits per heavy atom. The number of sulfone groups is 1. The highest BCUT2D eigenvalue weighted by Crippen LogP contribution is 2.38. The number of para-hydroxylation sites is 1. The summed E-state index contributed by atoms with van der Waals surface area (Å²) in [6.07, 6.45) is 1.26. The second kappa shape index (κ2) is 14.1. The van der Waals surface area contributed by atoms with Crippen LogP contribution in [0.15, 0.2) is 78.9 Å². The molecule has 4 aromatic rings. The maximum Gasteiger partial charge on any atom is 0.303 e. The molecular weight excluding hydrogens is 592 g/mol. The lowest BCUT2D eigenvalue weighted by molar-refractivity contribution is -0.147. The average molecular weight is 631 g/mol. The minimum Gasteiger partial charge on any atom is -0.494 e. The molecule has 0 saturated heterocycles. The molecule has 0 unspecified atom stereocenters. The lowest BCUT2D eigenvalue weighted by Crippen LogP contribution is -2.09. The molecule has 8 nitrogen and oxygen atoms in total. The molecule has 9 heteroatoms. The molecule has 1 heterocycles. The van der Waals surface area contributed by atoms with Gasteiger partial charge in [0.1, 0.15) is 52.7 Å². The van der Waals surface area contributed by atoms with Crippen molar-refractivity contribution in [2.24, 2.45) is 0 Å². The van der Waals surface area contributed by atoms with Gasteiger partial charge in [-0.2, -0.15) is 0 Å². The zero-order valence-corrected chi connectivity index (χ0v) is 26.8. The van der Waals surface area contributed by atoms with Crippen LogP contribution in [-0.4, -0.2) is 39.6 Å². The van der Waals surface area contributed by atoms with Gasteiger partial charge in [0.15, 0.2) is 6.10 Å². The number of ether oxygens (including phenoxy) is 5. The molecule has 1 aliphatic rings. The van der Waals surface area contributed by atoms with Crippen molar-refractivity contribution in [3.63, 3.8) is 0 Å². The maximum absolute atomic E-state index is 11.5. The third kappa shape index (κ3) is 8.57. The number of carbonyl (C=O) groups is 1. The smallest absolute Gasteiger partial charge is 0.303 e. The summed E-state index contributed by atoms with van der Waals surface area (Å²) in [6.45, 7) is 6.81. The third-order valence-corrected chi connectivity index (χ3v) is 8.48. The number of carbonyl (C=O) groups excluding carboxylic acids is 1. The predicted octanol–water partition coefficient (Wildman–Crippen LogP) is 6.94. The Kier molecular flexibility index (Phi) is 9.98. The highest BCUT2D eigenvalue weighted by molar-refractivity contribution is 7.90. The predicted molar refractivity (Wildman–Crippen MR) is 173 cm³/mol. The van der Waals surface area contributed by atoms with Crippen LogP contribution in [0.3, 0.4) is 0 Å². The Labute approximate surface area is 264 Å². The van der Waals surface area contributed by atoms with E-state index in [1.165, 1.54) is 13.2 Å². The van der Waals surface area contributed by atoms with E-state index in [2.05, 4.69) is 12.1 Å². The first-order valence-corrected chi connectivity index (χ1v) is 16.9. The number of benzene rings is 4. The molecule has 45 heavy (non-hydrogen) atoms. The van der Waals surface area contributed by atoms with Gasteiger partial charge in [-0.05, 0) is 96.1 Å². The largest absolute Gasteiger partial charge is 0.494 e. The fourth-order valence-corrected chi connectivity index (χ4v) is 6.05. The Hall–Kier alpha value is -4.50. The molecular formula is C36H38O8S. The molecule has 0 fully saturated rings. The van der Waals surface area contributed by atoms with Gasteiger partial charge in [-0.25, -0.2) is 8.42 Å². The van der Waals surface area contributed by atoms with Gasteiger partial charge in [0.25, 0.3) is 0 Å². The monoisotopic (exact) mass is 630 g/mol. The zero-order valence-electron chi connectivity index (χ0n) is 26.0. The topological polar surface area (TPSA) is 97.4 Å². The van der Waals surface area contributed by atoms with Crippen molar-refractivity contribution in [2.75, 3.05) is 25.2 Å². The minimum absolute atomic E-state index is 0.0932. The maximum atomic E-state index is 11.5. The lowest BCUT2D eigenvalue weighted by atomic mass is 9.91. The van der Waals surface area contributed by atoms with Gasteiger partial charge in [0.2, 0.25) is 0 Å². The van der Waals surface area contributed by atoms with E-state index in [0.717, 1.165) is 44.7 Å². The Bertz CT molecular complexity index is 1740. The van der Waals surface area contributed by atoms with Crippen LogP contribution in [0.4, 0.5) is 0 Å². The summed E-state index contributed by atoms with van der Waals surface area (Å²) >= 11 is 0. The van der Waals surface area contributed by atoms with Gasteiger partial charge in [0, 0.05) is 24.8 Å². The van der Waals surface area contributed by atoms with Crippen molar-refractivity contribution in [3.8, 4) is 34.1 Å². The fourth-order valence-electron chi connectivity index (χ4n) is 5.41. The third-order valence-electron chi connectivity index (χ3n) is 7.45. The van der Waals surface area contributed by atoms with Crippen LogP contribution in [0.25, 0.3) is 11.1 Å². The van der Waals surface area contributed by atoms with Gasteiger partial charge in [-0.15, -0.1) is 0 Å². The molecule has 0 radical (unpaired) electrons. The van der Waals surface area contributed by atoms with E-state index in [9.17, 15) is 13.2 Å². The summed E-state index contributed by atoms with van der Waals surface area (Å²) in [6, 6.07) is 25.5. The second-order valence-electron chi connectivity index (χ2n) is 11.3. The standard InChI is InChI=1S/C36H38O8S/c1-24-17-31(40-15-8-16-45(4,38)39)18-25(2)36(24)33-19-27(11-12-28(33)22-42-29-9-6-5-7-10-29)21-41-30-13-14-32-34(20-30)43-23-35(32)44-26(3)37/h5-7,9-14,17-20,35H,8,15-16,21-23H2,1-4H3/t35-/m1/s1. The van der Waals surface area contributed by atoms with Gasteiger partial charge >= 0.3 is 5.97 Å². The van der Waals surface area contributed by atoms with E-state index in [1.807, 2.05) is 80.6 Å². The van der Waals surface area contributed by atoms with Crippen molar-refractivity contribution in [1.82, 2.24) is 0 Å². The minimum atomic E-state index is -3.03. The van der Waals surface area contributed by atoms with Crippen molar-refractivity contribution in [2.45, 2.75) is 46.5 Å². The van der Waals surface area contributed by atoms with Crippen LogP contribution in [0.5, 0.6) is 23.0 Å². The molecule has 236 valence electrons. The Morgan fingerprint density at radius 2 is 1.58 bits per heavy atom. The van der Waals surface area contributed by atoms with Crippen molar-refractivity contribution in [3.05, 3.63) is 107 Å². The summed E-state index contributed by atoms with van der Waals surface area (Å²) in [7, 11) is -3.03. The van der Waals surface area contributed by atoms with E-state index >= 15 is 0 Å².